The summed E-state index contributed by atoms with van der Waals surface area (Å²) in [5.41, 5.74) is 2.91. The van der Waals surface area contributed by atoms with Crippen LogP contribution in [-0.4, -0.2) is 46.7 Å². The van der Waals surface area contributed by atoms with Crippen molar-refractivity contribution in [3.8, 4) is 0 Å². The summed E-state index contributed by atoms with van der Waals surface area (Å²) in [6, 6.07) is 20.1. The molecule has 0 unspecified atom stereocenters. The lowest BCUT2D eigenvalue weighted by Gasteiger charge is -2.25. The van der Waals surface area contributed by atoms with Crippen molar-refractivity contribution >= 4 is 23.8 Å². The lowest BCUT2D eigenvalue weighted by atomic mass is 10.0. The highest BCUT2D eigenvalue weighted by Gasteiger charge is 2.52. The number of hydrogen-bond acceptors (Lipinski definition) is 4. The lowest BCUT2D eigenvalue weighted by Crippen LogP contribution is -2.35. The number of hydrogen-bond donors (Lipinski definition) is 0. The summed E-state index contributed by atoms with van der Waals surface area (Å²) in [5.74, 6) is 0.507. The van der Waals surface area contributed by atoms with E-state index in [1.54, 1.807) is 11.8 Å². The summed E-state index contributed by atoms with van der Waals surface area (Å²) in [5, 5.41) is 0. The molecular weight excluding hydrogens is 408 g/mol. The molecule has 162 valence electrons. The fourth-order valence-electron chi connectivity index (χ4n) is 4.44. The van der Waals surface area contributed by atoms with Gasteiger partial charge in [0.15, 0.2) is 0 Å². The molecule has 2 aromatic rings. The average Bonchev–Trinajstić information content (AvgIpc) is 3.33. The van der Waals surface area contributed by atoms with E-state index in [2.05, 4.69) is 19.1 Å². The van der Waals surface area contributed by atoms with Gasteiger partial charge in [-0.25, -0.2) is 9.59 Å². The van der Waals surface area contributed by atoms with E-state index < -0.39 is 0 Å². The van der Waals surface area contributed by atoms with E-state index >= 15 is 0 Å². The van der Waals surface area contributed by atoms with Crippen molar-refractivity contribution in [2.75, 3.05) is 12.9 Å². The van der Waals surface area contributed by atoms with E-state index in [0.29, 0.717) is 19.5 Å². The largest absolute Gasteiger partial charge is 0.466 e. The number of amides is 2. The molecule has 2 atom stereocenters. The zero-order valence-corrected chi connectivity index (χ0v) is 18.8. The van der Waals surface area contributed by atoms with Crippen LogP contribution in [0.1, 0.15) is 30.9 Å². The number of methoxy groups -OCH3 is 1. The van der Waals surface area contributed by atoms with Crippen LogP contribution in [0.4, 0.5) is 4.79 Å². The number of esters is 1. The van der Waals surface area contributed by atoms with Crippen molar-refractivity contribution in [2.45, 2.75) is 44.9 Å². The third-order valence-electron chi connectivity index (χ3n) is 5.89. The second kappa shape index (κ2) is 9.60. The number of carbonyl (C=O) groups is 2. The molecule has 2 aliphatic rings. The third kappa shape index (κ3) is 4.35. The molecular formula is C25H28N2O3S. The number of benzene rings is 2. The molecule has 0 N–H and O–H groups in total. The molecule has 0 aliphatic carbocycles. The van der Waals surface area contributed by atoms with E-state index in [1.165, 1.54) is 7.11 Å². The first-order chi connectivity index (χ1) is 15.1. The lowest BCUT2D eigenvalue weighted by molar-refractivity contribution is -0.136. The van der Waals surface area contributed by atoms with Gasteiger partial charge in [0.2, 0.25) is 0 Å². The predicted octanol–water partition coefficient (Wildman–Crippen LogP) is 4.84. The second-order valence-corrected chi connectivity index (χ2v) is 8.98. The van der Waals surface area contributed by atoms with Gasteiger partial charge >= 0.3 is 12.0 Å². The van der Waals surface area contributed by atoms with Gasteiger partial charge in [0.25, 0.3) is 0 Å². The summed E-state index contributed by atoms with van der Waals surface area (Å²) in [6.45, 7) is 3.15. The van der Waals surface area contributed by atoms with Crippen LogP contribution in [-0.2, 0) is 22.6 Å². The molecule has 0 bridgehead atoms. The van der Waals surface area contributed by atoms with Gasteiger partial charge in [0.1, 0.15) is 0 Å². The number of fused-ring (bicyclic) bond motifs is 1. The Balaban J connectivity index is 1.72. The summed E-state index contributed by atoms with van der Waals surface area (Å²) < 4.78 is 5.10. The molecule has 0 aromatic heterocycles. The van der Waals surface area contributed by atoms with Crippen molar-refractivity contribution in [1.29, 1.82) is 0 Å². The van der Waals surface area contributed by atoms with Crippen LogP contribution in [0.15, 0.2) is 71.1 Å². The first-order valence-electron chi connectivity index (χ1n) is 10.7. The van der Waals surface area contributed by atoms with Gasteiger partial charge in [-0.1, -0.05) is 74.0 Å². The summed E-state index contributed by atoms with van der Waals surface area (Å²) in [4.78, 5) is 31.1. The maximum Gasteiger partial charge on any atom is 0.334 e. The Morgan fingerprint density at radius 1 is 1.00 bits per heavy atom. The molecule has 6 heteroatoms. The van der Waals surface area contributed by atoms with Crippen LogP contribution in [0.2, 0.25) is 0 Å². The Morgan fingerprint density at radius 2 is 1.58 bits per heavy atom. The average molecular weight is 437 g/mol. The fourth-order valence-corrected chi connectivity index (χ4v) is 5.96. The minimum atomic E-state index is -0.279. The van der Waals surface area contributed by atoms with Gasteiger partial charge in [-0.15, -0.1) is 11.8 Å². The number of thioether (sulfide) groups is 1. The molecule has 2 aliphatic heterocycles. The van der Waals surface area contributed by atoms with Gasteiger partial charge in [-0.3, -0.25) is 0 Å². The maximum absolute atomic E-state index is 13.6. The quantitative estimate of drug-likeness (QED) is 0.354. The Hall–Kier alpha value is -2.73. The van der Waals surface area contributed by atoms with E-state index in [9.17, 15) is 9.59 Å². The van der Waals surface area contributed by atoms with E-state index in [1.807, 2.05) is 58.3 Å². The molecule has 2 fully saturated rings. The maximum atomic E-state index is 13.6. The molecule has 0 saturated carbocycles. The first-order valence-corrected chi connectivity index (χ1v) is 11.7. The van der Waals surface area contributed by atoms with Gasteiger partial charge in [-0.2, -0.15) is 0 Å². The SMILES string of the molecule is CCCC(C(=O)OC)=C1SC[C@@H]2[C@H]1N(Cc1ccccc1)C(=O)N2Cc1ccccc1. The van der Waals surface area contributed by atoms with Gasteiger partial charge in [-0.05, 0) is 17.5 Å². The monoisotopic (exact) mass is 436 g/mol. The molecule has 0 spiro atoms. The molecule has 2 saturated heterocycles. The van der Waals surface area contributed by atoms with E-state index in [0.717, 1.165) is 33.8 Å². The molecule has 4 rings (SSSR count). The number of ether oxygens (including phenoxy) is 1. The number of urea groups is 1. The zero-order chi connectivity index (χ0) is 21.8. The predicted molar refractivity (Wildman–Crippen MR) is 123 cm³/mol. The van der Waals surface area contributed by atoms with Crippen LogP contribution in [0.5, 0.6) is 0 Å². The summed E-state index contributed by atoms with van der Waals surface area (Å²) in [7, 11) is 1.43. The highest BCUT2D eigenvalue weighted by molar-refractivity contribution is 8.03. The van der Waals surface area contributed by atoms with Crippen molar-refractivity contribution in [2.24, 2.45) is 0 Å². The van der Waals surface area contributed by atoms with Crippen LogP contribution in [0.3, 0.4) is 0 Å². The van der Waals surface area contributed by atoms with Crippen molar-refractivity contribution in [3.63, 3.8) is 0 Å². The van der Waals surface area contributed by atoms with E-state index in [4.69, 9.17) is 4.74 Å². The van der Waals surface area contributed by atoms with Gasteiger partial charge in [0, 0.05) is 29.3 Å². The van der Waals surface area contributed by atoms with Crippen LogP contribution < -0.4 is 0 Å². The van der Waals surface area contributed by atoms with Gasteiger partial charge in [0.05, 0.1) is 19.2 Å². The summed E-state index contributed by atoms with van der Waals surface area (Å²) in [6.07, 6.45) is 1.51. The van der Waals surface area contributed by atoms with Crippen LogP contribution >= 0.6 is 11.8 Å². The van der Waals surface area contributed by atoms with Crippen LogP contribution in [0, 0.1) is 0 Å². The molecule has 5 nitrogen and oxygen atoms in total. The molecule has 2 amide bonds. The normalized spacial score (nSPS) is 21.9. The fraction of sp³-hybridized carbons (Fsp3) is 0.360. The minimum Gasteiger partial charge on any atom is -0.466 e. The highest BCUT2D eigenvalue weighted by Crippen LogP contribution is 2.45. The highest BCUT2D eigenvalue weighted by atomic mass is 32.2. The minimum absolute atomic E-state index is 0.0289. The van der Waals surface area contributed by atoms with E-state index in [-0.39, 0.29) is 24.1 Å². The first kappa shape index (κ1) is 21.5. The second-order valence-electron chi connectivity index (χ2n) is 7.92. The number of rotatable bonds is 7. The number of carbonyl (C=O) groups excluding carboxylic acids is 2. The Kier molecular flexibility index (Phi) is 6.66. The van der Waals surface area contributed by atoms with Crippen molar-refractivity contribution < 1.29 is 14.3 Å². The Bertz CT molecular complexity index is 961. The molecule has 31 heavy (non-hydrogen) atoms. The molecule has 2 aromatic carbocycles. The summed E-state index contributed by atoms with van der Waals surface area (Å²) >= 11 is 1.70. The van der Waals surface area contributed by atoms with Gasteiger partial charge < -0.3 is 14.5 Å². The Labute approximate surface area is 188 Å². The van der Waals surface area contributed by atoms with Crippen LogP contribution in [0.25, 0.3) is 0 Å². The zero-order valence-electron chi connectivity index (χ0n) is 18.0. The molecule has 0 radical (unpaired) electrons. The van der Waals surface area contributed by atoms with Crippen molar-refractivity contribution in [3.05, 3.63) is 82.3 Å². The number of nitrogens with zero attached hydrogens (tertiary/aromatic N) is 2. The topological polar surface area (TPSA) is 49.9 Å². The third-order valence-corrected chi connectivity index (χ3v) is 7.20. The smallest absolute Gasteiger partial charge is 0.334 e. The molecule has 2 heterocycles. The van der Waals surface area contributed by atoms with Crippen molar-refractivity contribution in [1.82, 2.24) is 9.80 Å². The standard InChI is InChI=1S/C25H28N2O3S/c1-3-10-20(24(28)30-2)23-22-21(17-31-23)26(15-18-11-6-4-7-12-18)25(29)27(22)16-19-13-8-5-9-14-19/h4-9,11-14,21-22H,3,10,15-17H2,1-2H3/t21-,22-/m1/s1. The Morgan fingerprint density at radius 3 is 2.13 bits per heavy atom.